The first-order valence-corrected chi connectivity index (χ1v) is 9.32. The largest absolute Gasteiger partial charge is 0.356 e. The van der Waals surface area contributed by atoms with Crippen LogP contribution in [0.4, 0.5) is 5.82 Å². The maximum atomic E-state index is 13.1. The van der Waals surface area contributed by atoms with E-state index in [-0.39, 0.29) is 5.91 Å². The Morgan fingerprint density at radius 2 is 1.78 bits per heavy atom. The van der Waals surface area contributed by atoms with Gasteiger partial charge in [0.05, 0.1) is 5.56 Å². The van der Waals surface area contributed by atoms with Crippen LogP contribution in [-0.4, -0.2) is 42.0 Å². The van der Waals surface area contributed by atoms with E-state index in [1.807, 2.05) is 18.3 Å². The quantitative estimate of drug-likeness (QED) is 0.840. The van der Waals surface area contributed by atoms with Crippen LogP contribution in [0.2, 0.25) is 0 Å². The molecule has 1 aromatic heterocycles. The van der Waals surface area contributed by atoms with E-state index in [1.165, 1.54) is 44.9 Å². The van der Waals surface area contributed by atoms with Gasteiger partial charge in [-0.3, -0.25) is 4.79 Å². The van der Waals surface area contributed by atoms with Crippen LogP contribution < -0.4 is 4.90 Å². The molecule has 4 rings (SSSR count). The van der Waals surface area contributed by atoms with Gasteiger partial charge in [-0.05, 0) is 49.7 Å². The molecular weight excluding hydrogens is 286 g/mol. The van der Waals surface area contributed by atoms with Crippen molar-refractivity contribution in [1.29, 1.82) is 0 Å². The minimum absolute atomic E-state index is 0.198. The highest BCUT2D eigenvalue weighted by molar-refractivity contribution is 5.99. The summed E-state index contributed by atoms with van der Waals surface area (Å²) in [5.74, 6) is 2.69. The first kappa shape index (κ1) is 15.0. The van der Waals surface area contributed by atoms with Gasteiger partial charge in [0.1, 0.15) is 5.82 Å². The van der Waals surface area contributed by atoms with Crippen LogP contribution in [0.15, 0.2) is 18.3 Å². The lowest BCUT2D eigenvalue weighted by molar-refractivity contribution is 0.0521. The second-order valence-corrected chi connectivity index (χ2v) is 7.41. The Bertz CT molecular complexity index is 567. The summed E-state index contributed by atoms with van der Waals surface area (Å²) in [6.45, 7) is 3.94. The monoisotopic (exact) mass is 313 g/mol. The summed E-state index contributed by atoms with van der Waals surface area (Å²) in [7, 11) is 0. The molecule has 2 saturated heterocycles. The number of rotatable bonds is 2. The number of carbonyl (C=O) groups excluding carboxylic acids is 1. The lowest BCUT2D eigenvalue weighted by Gasteiger charge is -2.41. The van der Waals surface area contributed by atoms with Gasteiger partial charge in [-0.2, -0.15) is 0 Å². The zero-order valence-electron chi connectivity index (χ0n) is 13.9. The average molecular weight is 313 g/mol. The molecule has 1 amide bonds. The Hall–Kier alpha value is -1.58. The number of piperidine rings is 1. The molecule has 3 fully saturated rings. The van der Waals surface area contributed by atoms with Gasteiger partial charge < -0.3 is 9.80 Å². The van der Waals surface area contributed by atoms with Crippen molar-refractivity contribution in [2.45, 2.75) is 44.9 Å². The van der Waals surface area contributed by atoms with Gasteiger partial charge >= 0.3 is 0 Å². The minimum atomic E-state index is 0.198. The number of likely N-dealkylation sites (tertiary alicyclic amines) is 1. The number of hydrogen-bond donors (Lipinski definition) is 0. The molecule has 4 nitrogen and oxygen atoms in total. The predicted octanol–water partition coefficient (Wildman–Crippen LogP) is 3.33. The molecule has 0 radical (unpaired) electrons. The van der Waals surface area contributed by atoms with E-state index in [9.17, 15) is 4.79 Å². The molecule has 1 aromatic rings. The first-order chi connectivity index (χ1) is 11.3. The van der Waals surface area contributed by atoms with E-state index in [2.05, 4.69) is 14.8 Å². The standard InChI is InChI=1S/C19H27N3O/c23-19(22-13-9-15-6-1-2-7-16(15)14-22)17-8-5-10-20-18(17)21-11-3-4-12-21/h5,8,10,15-16H,1-4,6-7,9,11-14H2/t15-,16-/m1/s1. The summed E-state index contributed by atoms with van der Waals surface area (Å²) in [6, 6.07) is 3.87. The zero-order valence-corrected chi connectivity index (χ0v) is 13.9. The molecule has 4 heteroatoms. The van der Waals surface area contributed by atoms with E-state index in [1.54, 1.807) is 0 Å². The third-order valence-electron chi connectivity index (χ3n) is 6.00. The number of aromatic nitrogens is 1. The molecule has 0 aromatic carbocycles. The van der Waals surface area contributed by atoms with Crippen molar-refractivity contribution in [3.05, 3.63) is 23.9 Å². The molecule has 0 N–H and O–H groups in total. The molecular formula is C19H27N3O. The van der Waals surface area contributed by atoms with Crippen LogP contribution in [0.1, 0.15) is 55.3 Å². The third-order valence-corrected chi connectivity index (χ3v) is 6.00. The Morgan fingerprint density at radius 1 is 1.00 bits per heavy atom. The Labute approximate surface area is 138 Å². The fourth-order valence-electron chi connectivity index (χ4n) is 4.70. The van der Waals surface area contributed by atoms with Crippen molar-refractivity contribution in [3.8, 4) is 0 Å². The van der Waals surface area contributed by atoms with Gasteiger partial charge in [0.2, 0.25) is 0 Å². The second-order valence-electron chi connectivity index (χ2n) is 7.41. The number of amides is 1. The number of carbonyl (C=O) groups is 1. The molecule has 1 saturated carbocycles. The summed E-state index contributed by atoms with van der Waals surface area (Å²) in [5, 5.41) is 0. The van der Waals surface area contributed by atoms with Gasteiger partial charge in [0.25, 0.3) is 5.91 Å². The van der Waals surface area contributed by atoms with Gasteiger partial charge in [-0.1, -0.05) is 19.3 Å². The van der Waals surface area contributed by atoms with Crippen LogP contribution in [-0.2, 0) is 0 Å². The van der Waals surface area contributed by atoms with Crippen molar-refractivity contribution in [1.82, 2.24) is 9.88 Å². The molecule has 2 aliphatic heterocycles. The van der Waals surface area contributed by atoms with E-state index in [0.29, 0.717) is 0 Å². The first-order valence-electron chi connectivity index (χ1n) is 9.32. The number of nitrogens with zero attached hydrogens (tertiary/aromatic N) is 3. The van der Waals surface area contributed by atoms with Gasteiger partial charge in [-0.15, -0.1) is 0 Å². The van der Waals surface area contributed by atoms with Crippen molar-refractivity contribution in [2.75, 3.05) is 31.1 Å². The highest BCUT2D eigenvalue weighted by Gasteiger charge is 2.34. The summed E-state index contributed by atoms with van der Waals surface area (Å²) in [5.41, 5.74) is 0.809. The predicted molar refractivity (Wildman–Crippen MR) is 91.7 cm³/mol. The Morgan fingerprint density at radius 3 is 2.61 bits per heavy atom. The van der Waals surface area contributed by atoms with Crippen LogP contribution in [0.25, 0.3) is 0 Å². The molecule has 0 spiro atoms. The summed E-state index contributed by atoms with van der Waals surface area (Å²) < 4.78 is 0. The summed E-state index contributed by atoms with van der Waals surface area (Å²) >= 11 is 0. The van der Waals surface area contributed by atoms with Crippen molar-refractivity contribution in [3.63, 3.8) is 0 Å². The SMILES string of the molecule is O=C(c1cccnc1N1CCCC1)N1CC[C@H]2CCCC[C@@H]2C1. The highest BCUT2D eigenvalue weighted by atomic mass is 16.2. The average Bonchev–Trinajstić information content (AvgIpc) is 3.15. The number of pyridine rings is 1. The van der Waals surface area contributed by atoms with Crippen molar-refractivity contribution >= 4 is 11.7 Å². The molecule has 3 heterocycles. The van der Waals surface area contributed by atoms with E-state index < -0.39 is 0 Å². The van der Waals surface area contributed by atoms with Crippen LogP contribution in [0.5, 0.6) is 0 Å². The van der Waals surface area contributed by atoms with Gasteiger partial charge in [-0.25, -0.2) is 4.98 Å². The highest BCUT2D eigenvalue weighted by Crippen LogP contribution is 2.36. The lowest BCUT2D eigenvalue weighted by atomic mass is 9.75. The van der Waals surface area contributed by atoms with Crippen LogP contribution >= 0.6 is 0 Å². The molecule has 2 atom stereocenters. The third kappa shape index (κ3) is 2.96. The van der Waals surface area contributed by atoms with Crippen LogP contribution in [0, 0.1) is 11.8 Å². The van der Waals surface area contributed by atoms with Crippen LogP contribution in [0.3, 0.4) is 0 Å². The molecule has 1 aliphatic carbocycles. The van der Waals surface area contributed by atoms with Crippen molar-refractivity contribution < 1.29 is 4.79 Å². The maximum Gasteiger partial charge on any atom is 0.257 e. The Balaban J connectivity index is 1.52. The Kier molecular flexibility index (Phi) is 4.23. The zero-order chi connectivity index (χ0) is 15.6. The fourth-order valence-corrected chi connectivity index (χ4v) is 4.70. The number of anilines is 1. The topological polar surface area (TPSA) is 36.4 Å². The molecule has 0 unspecified atom stereocenters. The van der Waals surface area contributed by atoms with E-state index in [0.717, 1.165) is 49.4 Å². The molecule has 23 heavy (non-hydrogen) atoms. The second kappa shape index (κ2) is 6.50. The normalized spacial score (nSPS) is 27.8. The summed E-state index contributed by atoms with van der Waals surface area (Å²) in [6.07, 6.45) is 10.8. The minimum Gasteiger partial charge on any atom is -0.356 e. The van der Waals surface area contributed by atoms with Gasteiger partial charge in [0.15, 0.2) is 0 Å². The molecule has 3 aliphatic rings. The summed E-state index contributed by atoms with van der Waals surface area (Å²) in [4.78, 5) is 22.0. The molecule has 0 bridgehead atoms. The van der Waals surface area contributed by atoms with E-state index in [4.69, 9.17) is 0 Å². The lowest BCUT2D eigenvalue weighted by Crippen LogP contribution is -2.45. The fraction of sp³-hybridized carbons (Fsp3) is 0.684. The van der Waals surface area contributed by atoms with Crippen molar-refractivity contribution in [2.24, 2.45) is 11.8 Å². The van der Waals surface area contributed by atoms with Gasteiger partial charge in [0, 0.05) is 32.4 Å². The maximum absolute atomic E-state index is 13.1. The number of hydrogen-bond acceptors (Lipinski definition) is 3. The van der Waals surface area contributed by atoms with E-state index >= 15 is 0 Å². The molecule has 124 valence electrons. The number of fused-ring (bicyclic) bond motifs is 1. The smallest absolute Gasteiger partial charge is 0.257 e.